The lowest BCUT2D eigenvalue weighted by Crippen LogP contribution is -2.05. The molecule has 280 valence electrons. The molecular formula is C56H35N3S. The van der Waals surface area contributed by atoms with E-state index in [4.69, 9.17) is 9.97 Å². The maximum atomic E-state index is 5.86. The number of thiophene rings is 1. The number of hydrogen-bond donors (Lipinski definition) is 0. The van der Waals surface area contributed by atoms with Crippen molar-refractivity contribution in [3.05, 3.63) is 187 Å². The average Bonchev–Trinajstić information content (AvgIpc) is 3.87. The molecule has 4 heteroatoms. The Balaban J connectivity index is 1.28. The third kappa shape index (κ3) is 4.59. The van der Waals surface area contributed by atoms with Crippen LogP contribution in [0.3, 0.4) is 0 Å². The zero-order valence-electron chi connectivity index (χ0n) is 33.0. The number of aryl methyl sites for hydroxylation is 2. The van der Waals surface area contributed by atoms with Crippen molar-refractivity contribution in [2.45, 2.75) is 13.8 Å². The van der Waals surface area contributed by atoms with Crippen molar-refractivity contribution in [2.24, 2.45) is 0 Å². The fourth-order valence-corrected chi connectivity index (χ4v) is 11.4. The van der Waals surface area contributed by atoms with Crippen LogP contribution in [0.1, 0.15) is 11.1 Å². The molecule has 3 nitrogen and oxygen atoms in total. The molecule has 0 bridgehead atoms. The monoisotopic (exact) mass is 781 g/mol. The fraction of sp³-hybridized carbons (Fsp3) is 0.0357. The van der Waals surface area contributed by atoms with Crippen LogP contribution in [0, 0.1) is 13.8 Å². The third-order valence-electron chi connectivity index (χ3n) is 12.8. The van der Waals surface area contributed by atoms with Crippen molar-refractivity contribution in [2.75, 3.05) is 0 Å². The summed E-state index contributed by atoms with van der Waals surface area (Å²) in [4.78, 5) is 11.7. The first-order chi connectivity index (χ1) is 29.6. The molecule has 0 amide bonds. The normalized spacial score (nSPS) is 12.2. The molecule has 0 aliphatic rings. The number of benzene rings is 10. The van der Waals surface area contributed by atoms with Gasteiger partial charge in [-0.3, -0.25) is 4.57 Å². The second-order valence-corrected chi connectivity index (χ2v) is 17.2. The first-order valence-corrected chi connectivity index (χ1v) is 21.4. The van der Waals surface area contributed by atoms with Crippen LogP contribution in [0.15, 0.2) is 176 Å². The highest BCUT2D eigenvalue weighted by Gasteiger charge is 2.26. The number of rotatable bonds is 3. The van der Waals surface area contributed by atoms with E-state index in [0.717, 1.165) is 44.0 Å². The summed E-state index contributed by atoms with van der Waals surface area (Å²) in [5.74, 6) is 0.668. The molecule has 0 saturated heterocycles. The first kappa shape index (κ1) is 33.6. The first-order valence-electron chi connectivity index (χ1n) is 20.6. The predicted molar refractivity (Wildman–Crippen MR) is 257 cm³/mol. The summed E-state index contributed by atoms with van der Waals surface area (Å²) >= 11 is 1.87. The lowest BCUT2D eigenvalue weighted by atomic mass is 9.91. The van der Waals surface area contributed by atoms with Crippen molar-refractivity contribution in [3.63, 3.8) is 0 Å². The Kier molecular flexibility index (Phi) is 7.02. The minimum Gasteiger partial charge on any atom is -0.276 e. The van der Waals surface area contributed by atoms with E-state index >= 15 is 0 Å². The molecule has 0 fully saturated rings. The predicted octanol–water partition coefficient (Wildman–Crippen LogP) is 15.7. The van der Waals surface area contributed by atoms with Gasteiger partial charge < -0.3 is 0 Å². The van der Waals surface area contributed by atoms with E-state index in [-0.39, 0.29) is 0 Å². The second-order valence-electron chi connectivity index (χ2n) is 16.1. The minimum absolute atomic E-state index is 0.668. The maximum Gasteiger partial charge on any atom is 0.235 e. The van der Waals surface area contributed by atoms with Gasteiger partial charge in [-0.2, -0.15) is 0 Å². The molecule has 60 heavy (non-hydrogen) atoms. The fourth-order valence-electron chi connectivity index (χ4n) is 10.1. The summed E-state index contributed by atoms with van der Waals surface area (Å²) in [7, 11) is 0. The van der Waals surface area contributed by atoms with Crippen LogP contribution in [-0.2, 0) is 0 Å². The summed E-state index contributed by atoms with van der Waals surface area (Å²) in [5, 5.41) is 15.6. The van der Waals surface area contributed by atoms with Crippen molar-refractivity contribution in [1.29, 1.82) is 0 Å². The summed E-state index contributed by atoms with van der Waals surface area (Å²) in [6.45, 7) is 4.41. The van der Waals surface area contributed by atoms with Gasteiger partial charge in [0.25, 0.3) is 0 Å². The zero-order valence-corrected chi connectivity index (χ0v) is 33.8. The SMILES string of the molecule is Cc1ccccc1-c1cc(-c2nc(-n3c4c5ccccc5ccc4c4c5ccccc5c5c6ccccc6sc5c43)nc3c4ccccc4c4ccccc4c23)ccc1C. The van der Waals surface area contributed by atoms with Gasteiger partial charge in [0, 0.05) is 48.0 Å². The van der Waals surface area contributed by atoms with Gasteiger partial charge in [-0.1, -0.05) is 164 Å². The Morgan fingerprint density at radius 3 is 1.80 bits per heavy atom. The number of nitrogens with zero attached hydrogens (tertiary/aromatic N) is 3. The Hall–Kier alpha value is -7.40. The summed E-state index contributed by atoms with van der Waals surface area (Å²) < 4.78 is 4.93. The molecule has 3 aromatic heterocycles. The van der Waals surface area contributed by atoms with Crippen LogP contribution in [0.5, 0.6) is 0 Å². The molecule has 3 heterocycles. The Morgan fingerprint density at radius 1 is 0.417 bits per heavy atom. The Morgan fingerprint density at radius 2 is 1.02 bits per heavy atom. The van der Waals surface area contributed by atoms with E-state index < -0.39 is 0 Å². The van der Waals surface area contributed by atoms with Gasteiger partial charge in [0.05, 0.1) is 26.9 Å². The molecule has 0 radical (unpaired) electrons. The van der Waals surface area contributed by atoms with Gasteiger partial charge in [-0.05, 0) is 80.6 Å². The van der Waals surface area contributed by atoms with Crippen LogP contribution >= 0.6 is 11.3 Å². The number of hydrogen-bond acceptors (Lipinski definition) is 3. The molecule has 0 unspecified atom stereocenters. The molecule has 13 aromatic rings. The van der Waals surface area contributed by atoms with Crippen LogP contribution in [0.25, 0.3) is 124 Å². The van der Waals surface area contributed by atoms with Crippen LogP contribution < -0.4 is 0 Å². The van der Waals surface area contributed by atoms with E-state index in [9.17, 15) is 0 Å². The highest BCUT2D eigenvalue weighted by atomic mass is 32.1. The number of fused-ring (bicyclic) bond motifs is 18. The molecule has 10 aromatic carbocycles. The molecule has 0 aliphatic carbocycles. The van der Waals surface area contributed by atoms with E-state index in [1.54, 1.807) is 0 Å². The van der Waals surface area contributed by atoms with E-state index in [1.165, 1.54) is 85.5 Å². The second kappa shape index (κ2) is 12.6. The highest BCUT2D eigenvalue weighted by molar-refractivity contribution is 7.27. The van der Waals surface area contributed by atoms with Gasteiger partial charge in [-0.15, -0.1) is 11.3 Å². The van der Waals surface area contributed by atoms with Gasteiger partial charge in [0.15, 0.2) is 0 Å². The standard InChI is InChI=1S/C56H35N3S/c1-32-15-3-5-17-36(32)46-31-35(28-27-33(46)2)51-50-40-21-9-7-19-38(40)39-20-8-12-24-43(39)52(50)58-56(57-51)59-53-37-18-6-4-16-34(37)29-30-45(53)48-41-22-10-11-23-42(41)49-44-25-13-14-26-47(44)60-55(49)54(48)59/h3-31H,1-2H3. The Labute approximate surface area is 349 Å². The minimum atomic E-state index is 0.668. The van der Waals surface area contributed by atoms with E-state index in [0.29, 0.717) is 5.95 Å². The van der Waals surface area contributed by atoms with Crippen molar-refractivity contribution >= 4 is 107 Å². The quantitative estimate of drug-likeness (QED) is 0.167. The van der Waals surface area contributed by atoms with Crippen molar-refractivity contribution < 1.29 is 0 Å². The van der Waals surface area contributed by atoms with Gasteiger partial charge in [-0.25, -0.2) is 9.97 Å². The van der Waals surface area contributed by atoms with Gasteiger partial charge >= 0.3 is 0 Å². The molecule has 0 atom stereocenters. The molecule has 0 aliphatic heterocycles. The summed E-state index contributed by atoms with van der Waals surface area (Å²) in [5.41, 5.74) is 10.1. The third-order valence-corrected chi connectivity index (χ3v) is 14.0. The summed E-state index contributed by atoms with van der Waals surface area (Å²) in [6, 6.07) is 64.2. The molecular weight excluding hydrogens is 747 g/mol. The largest absolute Gasteiger partial charge is 0.276 e. The van der Waals surface area contributed by atoms with Crippen molar-refractivity contribution in [3.8, 4) is 28.3 Å². The van der Waals surface area contributed by atoms with Crippen molar-refractivity contribution in [1.82, 2.24) is 14.5 Å². The Bertz CT molecular complexity index is 3980. The van der Waals surface area contributed by atoms with Crippen LogP contribution in [-0.4, -0.2) is 14.5 Å². The van der Waals surface area contributed by atoms with E-state index in [1.807, 2.05) is 11.3 Å². The summed E-state index contributed by atoms with van der Waals surface area (Å²) in [6.07, 6.45) is 0. The molecule has 0 N–H and O–H groups in total. The van der Waals surface area contributed by atoms with Gasteiger partial charge in [0.2, 0.25) is 5.95 Å². The van der Waals surface area contributed by atoms with Crippen LogP contribution in [0.2, 0.25) is 0 Å². The smallest absolute Gasteiger partial charge is 0.235 e. The average molecular weight is 782 g/mol. The topological polar surface area (TPSA) is 30.7 Å². The highest BCUT2D eigenvalue weighted by Crippen LogP contribution is 2.49. The molecule has 0 saturated carbocycles. The zero-order chi connectivity index (χ0) is 39.6. The molecule has 0 spiro atoms. The van der Waals surface area contributed by atoms with Gasteiger partial charge in [0.1, 0.15) is 0 Å². The molecule has 13 rings (SSSR count). The number of aromatic nitrogens is 3. The van der Waals surface area contributed by atoms with Crippen LogP contribution in [0.4, 0.5) is 0 Å². The lowest BCUT2D eigenvalue weighted by molar-refractivity contribution is 1.02. The lowest BCUT2D eigenvalue weighted by Gasteiger charge is -2.18. The maximum absolute atomic E-state index is 5.86. The van der Waals surface area contributed by atoms with E-state index in [2.05, 4.69) is 194 Å².